The number of hydrogen-bond donors (Lipinski definition) is 0. The van der Waals surface area contributed by atoms with Crippen LogP contribution >= 0.6 is 0 Å². The van der Waals surface area contributed by atoms with Crippen molar-refractivity contribution in [2.24, 2.45) is 0 Å². The van der Waals surface area contributed by atoms with Crippen LogP contribution in [0.5, 0.6) is 0 Å². The van der Waals surface area contributed by atoms with Crippen molar-refractivity contribution < 1.29 is 8.83 Å². The summed E-state index contributed by atoms with van der Waals surface area (Å²) in [6, 6.07) is 64.4. The summed E-state index contributed by atoms with van der Waals surface area (Å²) in [4.78, 5) is 35.3. The molecule has 0 spiro atoms. The summed E-state index contributed by atoms with van der Waals surface area (Å²) in [5, 5.41) is 8.34. The third-order valence-corrected chi connectivity index (χ3v) is 19.4. The highest BCUT2D eigenvalue weighted by Gasteiger charge is 2.45. The van der Waals surface area contributed by atoms with Gasteiger partial charge in [0, 0.05) is 82.2 Å². The normalized spacial score (nSPS) is 13.8. The Labute approximate surface area is 508 Å². The molecule has 0 unspecified atom stereocenters. The van der Waals surface area contributed by atoms with Gasteiger partial charge in [-0.05, 0) is 139 Å². The van der Waals surface area contributed by atoms with Crippen molar-refractivity contribution in [3.8, 4) is 16.8 Å². The summed E-state index contributed by atoms with van der Waals surface area (Å²) in [5.41, 5.74) is 20.0. The Hall–Kier alpha value is -10.2. The molecule has 424 valence electrons. The topological polar surface area (TPSA) is 73.0 Å². The maximum atomic E-state index is 16.6. The second kappa shape index (κ2) is 17.7. The lowest BCUT2D eigenvalue weighted by Crippen LogP contribution is -2.60. The Morgan fingerprint density at radius 3 is 1.85 bits per heavy atom. The minimum atomic E-state index is -0.537. The van der Waals surface area contributed by atoms with Gasteiger partial charge in [-0.3, -0.25) is 9.59 Å². The summed E-state index contributed by atoms with van der Waals surface area (Å²) in [5.74, 6) is 0. The minimum absolute atomic E-state index is 0.0979. The maximum absolute atomic E-state index is 16.6. The lowest BCUT2D eigenvalue weighted by molar-refractivity contribution is 0.573. The summed E-state index contributed by atoms with van der Waals surface area (Å²) < 4.78 is 18.0. The maximum Gasteiger partial charge on any atom is 0.252 e. The third-order valence-electron chi connectivity index (χ3n) is 19.4. The number of aromatic nitrogens is 2. The lowest BCUT2D eigenvalue weighted by atomic mass is 9.33. The summed E-state index contributed by atoms with van der Waals surface area (Å²) in [6.45, 7) is 28.6. The number of anilines is 3. The zero-order chi connectivity index (χ0) is 60.4. The SMILES string of the molecule is C=C/C(c1ccc(N2c3cc4c(cc3B3c5cc(C(C)(C)C)cc6c(=O)c7cc(-c8cccc9c8oc8ccccc89)cc8c(=O)c9c(C(C)(C)C)cc2c3c9n(c56)c78)c2cc(C(C)(C)C)ccc2n4-c2ccccc2)cc1)=c1/oc2ccccc2c1=C. The molecule has 15 aromatic rings. The number of hydrogen-bond acceptors (Lipinski definition) is 5. The molecular weight excluding hydrogens is 1080 g/mol. The van der Waals surface area contributed by atoms with Crippen LogP contribution in [0, 0.1) is 0 Å². The van der Waals surface area contributed by atoms with Crippen LogP contribution < -0.4 is 42.8 Å². The largest absolute Gasteiger partial charge is 0.455 e. The third kappa shape index (κ3) is 7.08. The van der Waals surface area contributed by atoms with Crippen LogP contribution in [0.3, 0.4) is 0 Å². The molecule has 5 aromatic heterocycles. The smallest absolute Gasteiger partial charge is 0.252 e. The van der Waals surface area contributed by atoms with Crippen LogP contribution in [0.25, 0.3) is 122 Å². The average molecular weight is 1140 g/mol. The molecule has 10 aromatic carbocycles. The zero-order valence-electron chi connectivity index (χ0n) is 50.9. The number of benzene rings is 10. The zero-order valence-corrected chi connectivity index (χ0v) is 50.9. The lowest BCUT2D eigenvalue weighted by Gasteiger charge is -2.41. The quantitative estimate of drug-likeness (QED) is 0.0975. The molecule has 0 N–H and O–H groups in total. The molecule has 2 aliphatic heterocycles. The monoisotopic (exact) mass is 1140 g/mol. The van der Waals surface area contributed by atoms with Crippen LogP contribution in [0.2, 0.25) is 0 Å². The molecular formula is C80H62BN3O4. The van der Waals surface area contributed by atoms with Gasteiger partial charge in [0.1, 0.15) is 22.2 Å². The van der Waals surface area contributed by atoms with Gasteiger partial charge < -0.3 is 22.7 Å². The van der Waals surface area contributed by atoms with Crippen LogP contribution in [0.15, 0.2) is 213 Å². The molecule has 0 bridgehead atoms. The molecule has 0 radical (unpaired) electrons. The molecule has 0 amide bonds. The molecule has 0 saturated carbocycles. The summed E-state index contributed by atoms with van der Waals surface area (Å²) in [7, 11) is 0. The Morgan fingerprint density at radius 1 is 0.500 bits per heavy atom. The first-order valence-electron chi connectivity index (χ1n) is 30.6. The van der Waals surface area contributed by atoms with E-state index in [1.807, 2.05) is 72.8 Å². The van der Waals surface area contributed by atoms with Crippen molar-refractivity contribution in [2.45, 2.75) is 78.6 Å². The fourth-order valence-electron chi connectivity index (χ4n) is 15.0. The predicted molar refractivity (Wildman–Crippen MR) is 370 cm³/mol. The van der Waals surface area contributed by atoms with E-state index in [1.54, 1.807) is 0 Å². The molecule has 0 aliphatic carbocycles. The Balaban J connectivity index is 1.04. The number of rotatable bonds is 5. The molecule has 2 aliphatic rings. The Morgan fingerprint density at radius 2 is 1.15 bits per heavy atom. The first-order chi connectivity index (χ1) is 42.3. The van der Waals surface area contributed by atoms with Gasteiger partial charge >= 0.3 is 0 Å². The summed E-state index contributed by atoms with van der Waals surface area (Å²) >= 11 is 0. The van der Waals surface area contributed by atoms with E-state index in [-0.39, 0.29) is 21.7 Å². The van der Waals surface area contributed by atoms with E-state index in [2.05, 4.69) is 205 Å². The van der Waals surface area contributed by atoms with Gasteiger partial charge in [0.2, 0.25) is 0 Å². The number of para-hydroxylation sites is 4. The summed E-state index contributed by atoms with van der Waals surface area (Å²) in [6.07, 6.45) is 1.86. The van der Waals surface area contributed by atoms with Crippen LogP contribution in [0.4, 0.5) is 17.1 Å². The van der Waals surface area contributed by atoms with Crippen molar-refractivity contribution in [3.05, 3.63) is 248 Å². The molecule has 7 nitrogen and oxygen atoms in total. The fraction of sp³-hybridized carbons (Fsp3) is 0.150. The number of pyridine rings is 2. The second-order valence-corrected chi connectivity index (χ2v) is 27.7. The van der Waals surface area contributed by atoms with Crippen LogP contribution in [-0.4, -0.2) is 15.7 Å². The van der Waals surface area contributed by atoms with E-state index in [0.29, 0.717) is 38.1 Å². The van der Waals surface area contributed by atoms with Gasteiger partial charge in [-0.1, -0.05) is 185 Å². The predicted octanol–water partition coefficient (Wildman–Crippen LogP) is 16.3. The molecule has 8 heteroatoms. The standard InChI is InChI=1S/C80H62BN3O4/c1-12-50(76-43(2)51-23-16-18-27-67(51)87-76)44-29-32-49(33-30-44)83-65-42-64-56(55-37-46(78(3,4)5)31-34-63(55)82(64)48-21-14-13-15-22-48)40-61(65)81-62-39-47(79(6,7)8)38-59-72(62)84-71-57(74(59)85)35-45(52-25-20-26-54-53-24-17-19-28-68(53)88-77(52)54)36-58(71)75(86)69-60(80(9,10)11)41-66(83)70(81)73(69)84/h12-42H,1-2H2,3-11H3/b76-50-. The average Bonchev–Trinajstić information content (AvgIpc) is 0.769. The van der Waals surface area contributed by atoms with Crippen LogP contribution in [0.1, 0.15) is 84.6 Å². The van der Waals surface area contributed by atoms with E-state index in [9.17, 15) is 0 Å². The first-order valence-corrected chi connectivity index (χ1v) is 30.6. The first kappa shape index (κ1) is 52.2. The number of allylic oxidation sites excluding steroid dienone is 1. The van der Waals surface area contributed by atoms with E-state index in [4.69, 9.17) is 8.83 Å². The van der Waals surface area contributed by atoms with Gasteiger partial charge in [-0.2, -0.15) is 0 Å². The van der Waals surface area contributed by atoms with E-state index in [1.165, 1.54) is 5.56 Å². The molecule has 0 fully saturated rings. The number of furan rings is 2. The van der Waals surface area contributed by atoms with E-state index >= 15 is 9.59 Å². The highest BCUT2D eigenvalue weighted by Crippen LogP contribution is 2.47. The van der Waals surface area contributed by atoms with Gasteiger partial charge in [-0.15, -0.1) is 0 Å². The number of nitrogens with zero attached hydrogens (tertiary/aromatic N) is 3. The molecule has 17 rings (SSSR count). The van der Waals surface area contributed by atoms with Crippen molar-refractivity contribution in [3.63, 3.8) is 0 Å². The molecule has 0 atom stereocenters. The highest BCUT2D eigenvalue weighted by atomic mass is 16.3. The van der Waals surface area contributed by atoms with Gasteiger partial charge in [0.25, 0.3) is 6.71 Å². The number of fused-ring (bicyclic) bond motifs is 10. The van der Waals surface area contributed by atoms with E-state index < -0.39 is 12.1 Å². The van der Waals surface area contributed by atoms with E-state index in [0.717, 1.165) is 138 Å². The minimum Gasteiger partial charge on any atom is -0.455 e. The van der Waals surface area contributed by atoms with Crippen molar-refractivity contribution in [2.75, 3.05) is 4.90 Å². The van der Waals surface area contributed by atoms with Gasteiger partial charge in [-0.25, -0.2) is 0 Å². The van der Waals surface area contributed by atoms with Crippen molar-refractivity contribution in [1.82, 2.24) is 8.97 Å². The molecule has 0 saturated heterocycles. The van der Waals surface area contributed by atoms with Crippen molar-refractivity contribution >= 4 is 145 Å². The van der Waals surface area contributed by atoms with Gasteiger partial charge in [0.05, 0.1) is 33.0 Å². The molecule has 7 heterocycles. The Kier molecular flexibility index (Phi) is 10.5. The van der Waals surface area contributed by atoms with Crippen molar-refractivity contribution in [1.29, 1.82) is 0 Å². The Bertz CT molecular complexity index is 5900. The molecule has 88 heavy (non-hydrogen) atoms. The van der Waals surface area contributed by atoms with Crippen LogP contribution in [-0.2, 0) is 16.2 Å². The highest BCUT2D eigenvalue weighted by molar-refractivity contribution is 7.01. The second-order valence-electron chi connectivity index (χ2n) is 27.7. The fourth-order valence-corrected chi connectivity index (χ4v) is 15.0. The van der Waals surface area contributed by atoms with Gasteiger partial charge in [0.15, 0.2) is 10.9 Å².